The summed E-state index contributed by atoms with van der Waals surface area (Å²) in [5.41, 5.74) is 0.476. The van der Waals surface area contributed by atoms with Gasteiger partial charge >= 0.3 is 0 Å². The number of phenolic OH excluding ortho intramolecular Hbond substituents is 1. The SMILES string of the molecule is COc1cc(C2OC3OC(CO)C(O)C(O)C3OC2CO)cc(OC)c1O. The van der Waals surface area contributed by atoms with Crippen LogP contribution in [0.1, 0.15) is 11.7 Å². The van der Waals surface area contributed by atoms with Crippen LogP contribution in [-0.2, 0) is 14.2 Å². The lowest BCUT2D eigenvalue weighted by Gasteiger charge is -2.48. The molecule has 1 aromatic rings. The summed E-state index contributed by atoms with van der Waals surface area (Å²) in [6.07, 6.45) is -7.62. The molecule has 7 unspecified atom stereocenters. The van der Waals surface area contributed by atoms with Gasteiger partial charge < -0.3 is 49.2 Å². The first-order valence-electron chi connectivity index (χ1n) is 8.44. The van der Waals surface area contributed by atoms with Gasteiger partial charge in [0.15, 0.2) is 17.8 Å². The number of aliphatic hydroxyl groups excluding tert-OH is 4. The molecule has 0 aromatic heterocycles. The van der Waals surface area contributed by atoms with E-state index in [0.717, 1.165) is 0 Å². The molecule has 0 amide bonds. The molecular formula is C17H24O10. The molecule has 10 heteroatoms. The van der Waals surface area contributed by atoms with Crippen molar-refractivity contribution in [3.63, 3.8) is 0 Å². The van der Waals surface area contributed by atoms with E-state index < -0.39 is 56.1 Å². The molecule has 5 N–H and O–H groups in total. The van der Waals surface area contributed by atoms with Crippen LogP contribution in [0.3, 0.4) is 0 Å². The molecule has 7 atom stereocenters. The number of phenols is 1. The summed E-state index contributed by atoms with van der Waals surface area (Å²) in [5.74, 6) is 0.0896. The molecule has 0 radical (unpaired) electrons. The summed E-state index contributed by atoms with van der Waals surface area (Å²) in [5, 5.41) is 49.4. The molecule has 2 fully saturated rings. The first-order valence-corrected chi connectivity index (χ1v) is 8.44. The summed E-state index contributed by atoms with van der Waals surface area (Å²) in [6.45, 7) is -0.953. The predicted octanol–water partition coefficient (Wildman–Crippen LogP) is -1.33. The van der Waals surface area contributed by atoms with Gasteiger partial charge in [-0.05, 0) is 17.7 Å². The maximum Gasteiger partial charge on any atom is 0.200 e. The van der Waals surface area contributed by atoms with E-state index in [1.807, 2.05) is 0 Å². The number of aromatic hydroxyl groups is 1. The Morgan fingerprint density at radius 3 is 2.00 bits per heavy atom. The Kier molecular flexibility index (Phi) is 6.06. The molecule has 152 valence electrons. The minimum atomic E-state index is -1.36. The van der Waals surface area contributed by atoms with Gasteiger partial charge in [-0.25, -0.2) is 0 Å². The van der Waals surface area contributed by atoms with Gasteiger partial charge in [-0.15, -0.1) is 0 Å². The Bertz CT molecular complexity index is 628. The Balaban J connectivity index is 1.92. The maximum atomic E-state index is 10.2. The van der Waals surface area contributed by atoms with E-state index in [0.29, 0.717) is 5.56 Å². The number of benzene rings is 1. The molecule has 2 saturated heterocycles. The van der Waals surface area contributed by atoms with Crippen LogP contribution < -0.4 is 9.47 Å². The summed E-state index contributed by atoms with van der Waals surface area (Å²) >= 11 is 0. The molecule has 1 aromatic carbocycles. The van der Waals surface area contributed by atoms with Crippen molar-refractivity contribution in [1.82, 2.24) is 0 Å². The van der Waals surface area contributed by atoms with Crippen molar-refractivity contribution in [1.29, 1.82) is 0 Å². The molecule has 2 aliphatic heterocycles. The van der Waals surface area contributed by atoms with Crippen molar-refractivity contribution < 1.29 is 49.2 Å². The molecule has 2 heterocycles. The number of fused-ring (bicyclic) bond motifs is 1. The summed E-state index contributed by atoms with van der Waals surface area (Å²) in [6, 6.07) is 3.01. The third-order valence-electron chi connectivity index (χ3n) is 4.79. The van der Waals surface area contributed by atoms with E-state index in [1.165, 1.54) is 26.4 Å². The van der Waals surface area contributed by atoms with Crippen molar-refractivity contribution in [2.45, 2.75) is 42.9 Å². The standard InChI is InChI=1S/C17H24O10/c1-23-8-3-7(4-9(24-2)12(8)20)15-11(6-19)25-16-14(22)13(21)10(5-18)26-17(16)27-15/h3-4,10-11,13-22H,5-6H2,1-2H3. The van der Waals surface area contributed by atoms with Crippen LogP contribution in [0.25, 0.3) is 0 Å². The zero-order valence-electron chi connectivity index (χ0n) is 14.9. The van der Waals surface area contributed by atoms with Gasteiger partial charge in [0.1, 0.15) is 36.6 Å². The lowest BCUT2D eigenvalue weighted by molar-refractivity contribution is -0.371. The molecule has 27 heavy (non-hydrogen) atoms. The van der Waals surface area contributed by atoms with Gasteiger partial charge in [-0.3, -0.25) is 0 Å². The highest BCUT2D eigenvalue weighted by atomic mass is 16.7. The van der Waals surface area contributed by atoms with Gasteiger partial charge in [0.25, 0.3) is 0 Å². The van der Waals surface area contributed by atoms with E-state index in [4.69, 9.17) is 23.7 Å². The number of ether oxygens (including phenoxy) is 5. The van der Waals surface area contributed by atoms with Gasteiger partial charge in [0.2, 0.25) is 5.75 Å². The molecule has 2 aliphatic rings. The van der Waals surface area contributed by atoms with Crippen LogP contribution in [0, 0.1) is 0 Å². The summed E-state index contributed by atoms with van der Waals surface area (Å²) in [4.78, 5) is 0. The number of hydrogen-bond donors (Lipinski definition) is 5. The zero-order valence-corrected chi connectivity index (χ0v) is 14.9. The van der Waals surface area contributed by atoms with Crippen molar-refractivity contribution in [3.05, 3.63) is 17.7 Å². The fourth-order valence-electron chi connectivity index (χ4n) is 3.33. The van der Waals surface area contributed by atoms with Crippen molar-refractivity contribution in [3.8, 4) is 17.2 Å². The minimum absolute atomic E-state index is 0.139. The Morgan fingerprint density at radius 2 is 1.48 bits per heavy atom. The molecule has 10 nitrogen and oxygen atoms in total. The van der Waals surface area contributed by atoms with Crippen LogP contribution in [0.15, 0.2) is 12.1 Å². The van der Waals surface area contributed by atoms with Gasteiger partial charge in [-0.2, -0.15) is 0 Å². The Labute approximate surface area is 155 Å². The minimum Gasteiger partial charge on any atom is -0.502 e. The largest absolute Gasteiger partial charge is 0.502 e. The second kappa shape index (κ2) is 8.15. The van der Waals surface area contributed by atoms with Crippen molar-refractivity contribution >= 4 is 0 Å². The second-order valence-electron chi connectivity index (χ2n) is 6.36. The number of rotatable bonds is 5. The van der Waals surface area contributed by atoms with Gasteiger partial charge in [-0.1, -0.05) is 0 Å². The Morgan fingerprint density at radius 1 is 0.889 bits per heavy atom. The van der Waals surface area contributed by atoms with E-state index in [1.54, 1.807) is 0 Å². The quantitative estimate of drug-likeness (QED) is 0.411. The number of hydrogen-bond acceptors (Lipinski definition) is 10. The van der Waals surface area contributed by atoms with Crippen LogP contribution >= 0.6 is 0 Å². The smallest absolute Gasteiger partial charge is 0.200 e. The van der Waals surface area contributed by atoms with Crippen LogP contribution in [0.4, 0.5) is 0 Å². The first-order chi connectivity index (χ1) is 12.9. The topological polar surface area (TPSA) is 147 Å². The maximum absolute atomic E-state index is 10.2. The highest BCUT2D eigenvalue weighted by molar-refractivity contribution is 5.53. The van der Waals surface area contributed by atoms with E-state index in [-0.39, 0.29) is 17.2 Å². The third-order valence-corrected chi connectivity index (χ3v) is 4.79. The first kappa shape index (κ1) is 20.1. The van der Waals surface area contributed by atoms with Crippen molar-refractivity contribution in [2.75, 3.05) is 27.4 Å². The number of methoxy groups -OCH3 is 2. The normalized spacial score (nSPS) is 36.1. The summed E-state index contributed by atoms with van der Waals surface area (Å²) in [7, 11) is 2.76. The van der Waals surface area contributed by atoms with E-state index >= 15 is 0 Å². The molecule has 3 rings (SSSR count). The third kappa shape index (κ3) is 3.57. The average Bonchev–Trinajstić information content (AvgIpc) is 2.70. The highest BCUT2D eigenvalue weighted by Crippen LogP contribution is 2.43. The fourth-order valence-corrected chi connectivity index (χ4v) is 3.33. The summed E-state index contributed by atoms with van der Waals surface area (Å²) < 4.78 is 27.4. The molecule has 0 bridgehead atoms. The van der Waals surface area contributed by atoms with Crippen LogP contribution in [0.5, 0.6) is 17.2 Å². The van der Waals surface area contributed by atoms with Crippen LogP contribution in [-0.4, -0.2) is 89.8 Å². The molecule has 0 spiro atoms. The van der Waals surface area contributed by atoms with Gasteiger partial charge in [0, 0.05) is 0 Å². The lowest BCUT2D eigenvalue weighted by atomic mass is 9.95. The molecule has 0 aliphatic carbocycles. The number of aliphatic hydroxyl groups is 4. The average molecular weight is 388 g/mol. The van der Waals surface area contributed by atoms with Gasteiger partial charge in [0.05, 0.1) is 27.4 Å². The van der Waals surface area contributed by atoms with E-state index in [9.17, 15) is 25.5 Å². The van der Waals surface area contributed by atoms with Crippen LogP contribution in [0.2, 0.25) is 0 Å². The highest BCUT2D eigenvalue weighted by Gasteiger charge is 2.51. The molecular weight excluding hydrogens is 364 g/mol. The predicted molar refractivity (Wildman–Crippen MR) is 88.5 cm³/mol. The Hall–Kier alpha value is -1.66. The zero-order chi connectivity index (χ0) is 19.7. The lowest BCUT2D eigenvalue weighted by Crippen LogP contribution is -2.63. The monoisotopic (exact) mass is 388 g/mol. The fraction of sp³-hybridized carbons (Fsp3) is 0.647. The van der Waals surface area contributed by atoms with Crippen molar-refractivity contribution in [2.24, 2.45) is 0 Å². The molecule has 0 saturated carbocycles. The van der Waals surface area contributed by atoms with E-state index in [2.05, 4.69) is 0 Å². The second-order valence-corrected chi connectivity index (χ2v) is 6.36.